The van der Waals surface area contributed by atoms with E-state index in [1.807, 2.05) is 24.3 Å². The summed E-state index contributed by atoms with van der Waals surface area (Å²) in [6.07, 6.45) is 2.50. The van der Waals surface area contributed by atoms with Crippen LogP contribution in [0.3, 0.4) is 0 Å². The van der Waals surface area contributed by atoms with Gasteiger partial charge >= 0.3 is 0 Å². The molecule has 0 N–H and O–H groups in total. The summed E-state index contributed by atoms with van der Waals surface area (Å²) in [6.45, 7) is 0. The molecule has 1 aromatic carbocycles. The fourth-order valence-corrected chi connectivity index (χ4v) is 3.54. The second-order valence-corrected chi connectivity index (χ2v) is 6.37. The lowest BCUT2D eigenvalue weighted by Gasteiger charge is -2.22. The Kier molecular flexibility index (Phi) is 2.54. The van der Waals surface area contributed by atoms with E-state index in [4.69, 9.17) is 10.7 Å². The zero-order chi connectivity index (χ0) is 10.2. The van der Waals surface area contributed by atoms with Gasteiger partial charge in [0.1, 0.15) is 5.25 Å². The van der Waals surface area contributed by atoms with Crippen LogP contribution in [0.5, 0.6) is 0 Å². The average Bonchev–Trinajstić information content (AvgIpc) is 2.15. The summed E-state index contributed by atoms with van der Waals surface area (Å²) in [7, 11) is 1.94. The molecule has 0 amide bonds. The van der Waals surface area contributed by atoms with Crippen molar-refractivity contribution >= 4 is 19.7 Å². The molecule has 0 fully saturated rings. The van der Waals surface area contributed by atoms with Gasteiger partial charge in [0.2, 0.25) is 9.05 Å². The fourth-order valence-electron chi connectivity index (χ4n) is 2.00. The Morgan fingerprint density at radius 1 is 1.29 bits per heavy atom. The monoisotopic (exact) mass is 230 g/mol. The van der Waals surface area contributed by atoms with Crippen molar-refractivity contribution in [3.8, 4) is 0 Å². The van der Waals surface area contributed by atoms with Crippen LogP contribution in [0, 0.1) is 0 Å². The van der Waals surface area contributed by atoms with E-state index in [9.17, 15) is 8.42 Å². The van der Waals surface area contributed by atoms with Gasteiger partial charge in [-0.15, -0.1) is 0 Å². The molecule has 0 heterocycles. The van der Waals surface area contributed by atoms with E-state index in [0.29, 0.717) is 6.42 Å². The molecule has 4 heteroatoms. The number of rotatable bonds is 1. The van der Waals surface area contributed by atoms with Crippen molar-refractivity contribution in [2.75, 3.05) is 0 Å². The van der Waals surface area contributed by atoms with Crippen LogP contribution in [0.1, 0.15) is 29.2 Å². The first-order valence-electron chi connectivity index (χ1n) is 4.60. The van der Waals surface area contributed by atoms with Gasteiger partial charge in [-0.25, -0.2) is 8.42 Å². The molecule has 1 aromatic rings. The number of benzene rings is 1. The maximum Gasteiger partial charge on any atom is 0.239 e. The summed E-state index contributed by atoms with van der Waals surface area (Å²) >= 11 is 0. The zero-order valence-corrected chi connectivity index (χ0v) is 9.18. The molecule has 1 atom stereocenters. The van der Waals surface area contributed by atoms with Crippen LogP contribution in [0.4, 0.5) is 0 Å². The topological polar surface area (TPSA) is 34.1 Å². The van der Waals surface area contributed by atoms with Crippen LogP contribution in [0.15, 0.2) is 24.3 Å². The summed E-state index contributed by atoms with van der Waals surface area (Å²) in [4.78, 5) is 0. The molecule has 0 spiro atoms. The van der Waals surface area contributed by atoms with Gasteiger partial charge in [-0.2, -0.15) is 0 Å². The summed E-state index contributed by atoms with van der Waals surface area (Å²) < 4.78 is 22.6. The van der Waals surface area contributed by atoms with E-state index < -0.39 is 14.3 Å². The second kappa shape index (κ2) is 3.55. The minimum absolute atomic E-state index is 0.505. The van der Waals surface area contributed by atoms with E-state index >= 15 is 0 Å². The third kappa shape index (κ3) is 1.79. The van der Waals surface area contributed by atoms with E-state index in [0.717, 1.165) is 24.0 Å². The molecule has 1 aliphatic carbocycles. The Hall–Kier alpha value is -0.540. The van der Waals surface area contributed by atoms with Crippen molar-refractivity contribution in [1.82, 2.24) is 0 Å². The van der Waals surface area contributed by atoms with Crippen LogP contribution < -0.4 is 0 Å². The third-order valence-corrected chi connectivity index (χ3v) is 4.47. The van der Waals surface area contributed by atoms with Crippen molar-refractivity contribution in [2.45, 2.75) is 24.5 Å². The van der Waals surface area contributed by atoms with Crippen LogP contribution in [0.25, 0.3) is 0 Å². The van der Waals surface area contributed by atoms with E-state index in [-0.39, 0.29) is 0 Å². The van der Waals surface area contributed by atoms with E-state index in [2.05, 4.69) is 0 Å². The normalized spacial score (nSPS) is 21.6. The van der Waals surface area contributed by atoms with Crippen molar-refractivity contribution in [2.24, 2.45) is 0 Å². The number of hydrogen-bond donors (Lipinski definition) is 0. The number of halogens is 1. The lowest BCUT2D eigenvalue weighted by molar-refractivity contribution is 0.574. The van der Waals surface area contributed by atoms with Crippen molar-refractivity contribution in [3.05, 3.63) is 35.4 Å². The molecule has 0 aliphatic heterocycles. The van der Waals surface area contributed by atoms with E-state index in [1.54, 1.807) is 0 Å². The standard InChI is InChI=1S/C10H11ClO2S/c11-14(12,13)10-7-3-5-8-4-1-2-6-9(8)10/h1-2,4,6,10H,3,5,7H2. The number of aryl methyl sites for hydroxylation is 1. The van der Waals surface area contributed by atoms with Gasteiger partial charge in [0.15, 0.2) is 0 Å². The summed E-state index contributed by atoms with van der Waals surface area (Å²) in [5.74, 6) is 0. The van der Waals surface area contributed by atoms with Crippen LogP contribution in [0.2, 0.25) is 0 Å². The first-order chi connectivity index (χ1) is 6.59. The number of fused-ring (bicyclic) bond motifs is 1. The largest absolute Gasteiger partial charge is 0.239 e. The molecule has 0 aromatic heterocycles. The molecule has 0 radical (unpaired) electrons. The smallest absolute Gasteiger partial charge is 0.212 e. The van der Waals surface area contributed by atoms with E-state index in [1.165, 1.54) is 0 Å². The van der Waals surface area contributed by atoms with Gasteiger partial charge in [0.05, 0.1) is 0 Å². The first-order valence-corrected chi connectivity index (χ1v) is 6.97. The minimum Gasteiger partial charge on any atom is -0.212 e. The van der Waals surface area contributed by atoms with Gasteiger partial charge < -0.3 is 0 Å². The highest BCUT2D eigenvalue weighted by Crippen LogP contribution is 2.36. The lowest BCUT2D eigenvalue weighted by Crippen LogP contribution is -2.14. The number of hydrogen-bond acceptors (Lipinski definition) is 2. The zero-order valence-electron chi connectivity index (χ0n) is 7.61. The maximum absolute atomic E-state index is 11.3. The Labute approximate surface area is 88.3 Å². The quantitative estimate of drug-likeness (QED) is 0.695. The summed E-state index contributed by atoms with van der Waals surface area (Å²) in [5, 5.41) is -0.505. The van der Waals surface area contributed by atoms with Crippen LogP contribution >= 0.6 is 10.7 Å². The fraction of sp³-hybridized carbons (Fsp3) is 0.400. The second-order valence-electron chi connectivity index (χ2n) is 3.56. The van der Waals surface area contributed by atoms with Gasteiger partial charge in [-0.1, -0.05) is 24.3 Å². The molecule has 2 rings (SSSR count). The van der Waals surface area contributed by atoms with Gasteiger partial charge in [0.25, 0.3) is 0 Å². The molecule has 0 saturated heterocycles. The molecular weight excluding hydrogens is 220 g/mol. The van der Waals surface area contributed by atoms with Crippen LogP contribution in [-0.4, -0.2) is 8.42 Å². The Morgan fingerprint density at radius 3 is 2.71 bits per heavy atom. The highest BCUT2D eigenvalue weighted by molar-refractivity contribution is 8.13. The maximum atomic E-state index is 11.3. The Morgan fingerprint density at radius 2 is 2.00 bits per heavy atom. The average molecular weight is 231 g/mol. The van der Waals surface area contributed by atoms with Gasteiger partial charge in [-0.3, -0.25) is 0 Å². The minimum atomic E-state index is -3.47. The molecule has 0 bridgehead atoms. The molecule has 76 valence electrons. The predicted molar refractivity (Wildman–Crippen MR) is 56.9 cm³/mol. The molecular formula is C10H11ClO2S. The third-order valence-electron chi connectivity index (χ3n) is 2.65. The molecule has 1 aliphatic rings. The molecule has 0 saturated carbocycles. The van der Waals surface area contributed by atoms with Crippen molar-refractivity contribution in [1.29, 1.82) is 0 Å². The van der Waals surface area contributed by atoms with Crippen LogP contribution in [-0.2, 0) is 15.5 Å². The van der Waals surface area contributed by atoms with Gasteiger partial charge in [0, 0.05) is 10.7 Å². The highest BCUT2D eigenvalue weighted by atomic mass is 35.7. The van der Waals surface area contributed by atoms with Gasteiger partial charge in [-0.05, 0) is 30.4 Å². The Balaban J connectivity index is 2.51. The molecule has 2 nitrogen and oxygen atoms in total. The first kappa shape index (κ1) is 9.99. The predicted octanol–water partition coefficient (Wildman–Crippen LogP) is 2.63. The Bertz CT molecular complexity index is 439. The van der Waals surface area contributed by atoms with Crippen molar-refractivity contribution < 1.29 is 8.42 Å². The van der Waals surface area contributed by atoms with Crippen molar-refractivity contribution in [3.63, 3.8) is 0 Å². The lowest BCUT2D eigenvalue weighted by atomic mass is 9.91. The summed E-state index contributed by atoms with van der Waals surface area (Å²) in [5.41, 5.74) is 2.00. The molecule has 14 heavy (non-hydrogen) atoms. The summed E-state index contributed by atoms with van der Waals surface area (Å²) in [6, 6.07) is 7.63. The highest BCUT2D eigenvalue weighted by Gasteiger charge is 2.29. The SMILES string of the molecule is O=S(=O)(Cl)C1CCCc2ccccc21. The molecule has 1 unspecified atom stereocenters.